The Labute approximate surface area is 89.8 Å². The van der Waals surface area contributed by atoms with Crippen molar-refractivity contribution in [3.63, 3.8) is 0 Å². The minimum absolute atomic E-state index is 0.350. The molecule has 1 aromatic rings. The van der Waals surface area contributed by atoms with Crippen molar-refractivity contribution in [2.75, 3.05) is 6.54 Å². The lowest BCUT2D eigenvalue weighted by molar-refractivity contribution is -0.215. The van der Waals surface area contributed by atoms with Crippen LogP contribution in [0.5, 0.6) is 0 Å². The second-order valence-electron chi connectivity index (χ2n) is 4.33. The molecular formula is C11H17NO3. The van der Waals surface area contributed by atoms with E-state index in [1.807, 2.05) is 26.8 Å². The average molecular weight is 211 g/mol. The highest BCUT2D eigenvalue weighted by atomic mass is 16.7. The molecular weight excluding hydrogens is 194 g/mol. The van der Waals surface area contributed by atoms with Crippen molar-refractivity contribution < 1.29 is 14.0 Å². The number of carbonyl (C=O) groups excluding carboxylic acids is 1. The lowest BCUT2D eigenvalue weighted by Crippen LogP contribution is -2.34. The van der Waals surface area contributed by atoms with Gasteiger partial charge in [-0.3, -0.25) is 9.63 Å². The zero-order valence-electron chi connectivity index (χ0n) is 9.40. The summed E-state index contributed by atoms with van der Waals surface area (Å²) < 4.78 is 4.93. The van der Waals surface area contributed by atoms with Gasteiger partial charge in [0.15, 0.2) is 0 Å². The topological polar surface area (TPSA) is 42.7 Å². The third-order valence-electron chi connectivity index (χ3n) is 1.71. The molecule has 0 N–H and O–H groups in total. The molecule has 84 valence electrons. The summed E-state index contributed by atoms with van der Waals surface area (Å²) in [6.45, 7) is 6.24. The fourth-order valence-electron chi connectivity index (χ4n) is 1.15. The molecule has 0 radical (unpaired) electrons. The zero-order valence-corrected chi connectivity index (χ0v) is 9.40. The predicted molar refractivity (Wildman–Crippen MR) is 56.0 cm³/mol. The van der Waals surface area contributed by atoms with E-state index in [2.05, 4.69) is 0 Å². The highest BCUT2D eigenvalue weighted by molar-refractivity contribution is 5.45. The first-order chi connectivity index (χ1) is 7.01. The summed E-state index contributed by atoms with van der Waals surface area (Å²) in [7, 11) is 0. The third-order valence-corrected chi connectivity index (χ3v) is 1.71. The second kappa shape index (κ2) is 4.98. The maximum Gasteiger partial charge on any atom is 0.233 e. The minimum atomic E-state index is -0.350. The standard InChI is InChI=1S/C11H17NO3/c1-11(2,3)15-12(9-13)6-4-10-5-7-14-8-10/h5,7-9H,4,6H2,1-3H3. The van der Waals surface area contributed by atoms with E-state index >= 15 is 0 Å². The van der Waals surface area contributed by atoms with Crippen molar-refractivity contribution in [1.82, 2.24) is 5.06 Å². The first-order valence-electron chi connectivity index (χ1n) is 4.93. The monoisotopic (exact) mass is 211 g/mol. The van der Waals surface area contributed by atoms with E-state index in [0.717, 1.165) is 12.0 Å². The summed E-state index contributed by atoms with van der Waals surface area (Å²) >= 11 is 0. The number of carbonyl (C=O) groups is 1. The van der Waals surface area contributed by atoms with Gasteiger partial charge in [-0.25, -0.2) is 5.06 Å². The molecule has 1 aromatic heterocycles. The van der Waals surface area contributed by atoms with Gasteiger partial charge in [0.1, 0.15) is 0 Å². The van der Waals surface area contributed by atoms with Gasteiger partial charge in [0, 0.05) is 0 Å². The molecule has 4 nitrogen and oxygen atoms in total. The van der Waals surface area contributed by atoms with Crippen LogP contribution >= 0.6 is 0 Å². The molecule has 15 heavy (non-hydrogen) atoms. The molecule has 0 spiro atoms. The van der Waals surface area contributed by atoms with Gasteiger partial charge in [-0.2, -0.15) is 0 Å². The molecule has 1 heterocycles. The van der Waals surface area contributed by atoms with Crippen molar-refractivity contribution in [3.05, 3.63) is 24.2 Å². The van der Waals surface area contributed by atoms with Gasteiger partial charge >= 0.3 is 0 Å². The fraction of sp³-hybridized carbons (Fsp3) is 0.545. The summed E-state index contributed by atoms with van der Waals surface area (Å²) in [6, 6.07) is 1.88. The SMILES string of the molecule is CC(C)(C)ON(C=O)CCc1ccoc1. The van der Waals surface area contributed by atoms with Crippen molar-refractivity contribution in [2.45, 2.75) is 32.8 Å². The number of nitrogens with zero attached hydrogens (tertiary/aromatic N) is 1. The normalized spacial score (nSPS) is 11.4. The summed E-state index contributed by atoms with van der Waals surface area (Å²) in [4.78, 5) is 16.1. The van der Waals surface area contributed by atoms with E-state index in [4.69, 9.17) is 9.25 Å². The van der Waals surface area contributed by atoms with Crippen molar-refractivity contribution in [2.24, 2.45) is 0 Å². The molecule has 0 aromatic carbocycles. The Hall–Kier alpha value is -1.29. The van der Waals surface area contributed by atoms with Crippen LogP contribution in [-0.2, 0) is 16.1 Å². The maximum atomic E-state index is 10.7. The molecule has 0 saturated heterocycles. The molecule has 0 unspecified atom stereocenters. The molecule has 0 aliphatic rings. The van der Waals surface area contributed by atoms with Crippen molar-refractivity contribution in [1.29, 1.82) is 0 Å². The number of hydrogen-bond donors (Lipinski definition) is 0. The Morgan fingerprint density at radius 1 is 1.53 bits per heavy atom. The molecule has 4 heteroatoms. The molecule has 0 saturated carbocycles. The van der Waals surface area contributed by atoms with Crippen LogP contribution < -0.4 is 0 Å². The maximum absolute atomic E-state index is 10.7. The molecule has 0 bridgehead atoms. The Balaban J connectivity index is 2.38. The molecule has 1 rings (SSSR count). The van der Waals surface area contributed by atoms with Crippen molar-refractivity contribution in [3.8, 4) is 0 Å². The Bertz CT molecular complexity index is 287. The first-order valence-corrected chi connectivity index (χ1v) is 4.93. The van der Waals surface area contributed by atoms with Gasteiger partial charge < -0.3 is 4.42 Å². The van der Waals surface area contributed by atoms with Gasteiger partial charge in [-0.15, -0.1) is 0 Å². The molecule has 0 fully saturated rings. The van der Waals surface area contributed by atoms with Crippen LogP contribution in [0.3, 0.4) is 0 Å². The number of rotatable bonds is 5. The van der Waals surface area contributed by atoms with Crippen LogP contribution in [0.15, 0.2) is 23.0 Å². The number of amides is 1. The molecule has 0 aliphatic carbocycles. The Morgan fingerprint density at radius 3 is 2.73 bits per heavy atom. The lowest BCUT2D eigenvalue weighted by Gasteiger charge is -2.26. The predicted octanol–water partition coefficient (Wildman–Crippen LogP) is 2.01. The van der Waals surface area contributed by atoms with E-state index in [1.54, 1.807) is 12.5 Å². The molecule has 0 atom stereocenters. The average Bonchev–Trinajstić information content (AvgIpc) is 2.62. The quantitative estimate of drug-likeness (QED) is 0.552. The minimum Gasteiger partial charge on any atom is -0.472 e. The van der Waals surface area contributed by atoms with Crippen LogP contribution in [0.1, 0.15) is 26.3 Å². The van der Waals surface area contributed by atoms with E-state index in [1.165, 1.54) is 5.06 Å². The summed E-state index contributed by atoms with van der Waals surface area (Å²) in [5.41, 5.74) is 0.705. The van der Waals surface area contributed by atoms with E-state index in [0.29, 0.717) is 13.0 Å². The molecule has 0 aliphatic heterocycles. The second-order valence-corrected chi connectivity index (χ2v) is 4.33. The van der Waals surface area contributed by atoms with Crippen LogP contribution in [0.2, 0.25) is 0 Å². The largest absolute Gasteiger partial charge is 0.472 e. The van der Waals surface area contributed by atoms with Crippen LogP contribution in [0.25, 0.3) is 0 Å². The van der Waals surface area contributed by atoms with Crippen LogP contribution in [0.4, 0.5) is 0 Å². The number of furan rings is 1. The number of hydroxylamine groups is 2. The van der Waals surface area contributed by atoms with E-state index < -0.39 is 0 Å². The Kier molecular flexibility index (Phi) is 3.91. The third kappa shape index (κ3) is 4.65. The highest BCUT2D eigenvalue weighted by Crippen LogP contribution is 2.10. The van der Waals surface area contributed by atoms with Gasteiger partial charge in [0.05, 0.1) is 24.7 Å². The van der Waals surface area contributed by atoms with Gasteiger partial charge in [-0.1, -0.05) is 0 Å². The van der Waals surface area contributed by atoms with Crippen molar-refractivity contribution >= 4 is 6.41 Å². The van der Waals surface area contributed by atoms with Crippen LogP contribution in [0, 0.1) is 0 Å². The van der Waals surface area contributed by atoms with Crippen LogP contribution in [-0.4, -0.2) is 23.6 Å². The van der Waals surface area contributed by atoms with Gasteiger partial charge in [0.2, 0.25) is 6.41 Å². The number of hydrogen-bond acceptors (Lipinski definition) is 3. The Morgan fingerprint density at radius 2 is 2.27 bits per heavy atom. The van der Waals surface area contributed by atoms with E-state index in [-0.39, 0.29) is 5.60 Å². The summed E-state index contributed by atoms with van der Waals surface area (Å²) in [5.74, 6) is 0. The van der Waals surface area contributed by atoms with E-state index in [9.17, 15) is 4.79 Å². The fourth-order valence-corrected chi connectivity index (χ4v) is 1.15. The highest BCUT2D eigenvalue weighted by Gasteiger charge is 2.15. The summed E-state index contributed by atoms with van der Waals surface area (Å²) in [5, 5.41) is 1.31. The molecule has 1 amide bonds. The lowest BCUT2D eigenvalue weighted by atomic mass is 10.2. The summed E-state index contributed by atoms with van der Waals surface area (Å²) in [6.07, 6.45) is 4.71. The van der Waals surface area contributed by atoms with Gasteiger partial charge in [0.25, 0.3) is 0 Å². The van der Waals surface area contributed by atoms with Gasteiger partial charge in [-0.05, 0) is 38.8 Å². The smallest absolute Gasteiger partial charge is 0.233 e. The first kappa shape index (κ1) is 11.8. The zero-order chi connectivity index (χ0) is 11.3.